The summed E-state index contributed by atoms with van der Waals surface area (Å²) in [6, 6.07) is 23.4. The van der Waals surface area contributed by atoms with Gasteiger partial charge in [0.25, 0.3) is 0 Å². The van der Waals surface area contributed by atoms with E-state index in [1.54, 1.807) is 12.1 Å². The van der Waals surface area contributed by atoms with Crippen LogP contribution in [0.2, 0.25) is 0 Å². The van der Waals surface area contributed by atoms with Crippen molar-refractivity contribution in [2.75, 3.05) is 31.9 Å². The van der Waals surface area contributed by atoms with Crippen LogP contribution in [0, 0.1) is 11.7 Å². The normalized spacial score (nSPS) is 19.9. The highest BCUT2D eigenvalue weighted by atomic mass is 19.1. The third-order valence-electron chi connectivity index (χ3n) is 10.6. The number of rotatable bonds is 7. The van der Waals surface area contributed by atoms with Gasteiger partial charge in [0.1, 0.15) is 5.82 Å². The molecule has 6 rings (SSSR count). The molecule has 0 aromatic heterocycles. The molecule has 2 amide bonds. The molecule has 7 heteroatoms. The summed E-state index contributed by atoms with van der Waals surface area (Å²) in [7, 11) is 0. The first-order valence-corrected chi connectivity index (χ1v) is 17.8. The fraction of sp³-hybridized carbons (Fsp3) is 0.500. The van der Waals surface area contributed by atoms with Gasteiger partial charge in [-0.05, 0) is 85.4 Å². The van der Waals surface area contributed by atoms with Crippen LogP contribution >= 0.6 is 0 Å². The number of para-hydroxylation sites is 1. The van der Waals surface area contributed by atoms with Crippen molar-refractivity contribution in [2.45, 2.75) is 96.1 Å². The molecule has 1 saturated heterocycles. The zero-order valence-corrected chi connectivity index (χ0v) is 28.4. The minimum absolute atomic E-state index is 0.0887. The van der Waals surface area contributed by atoms with Crippen molar-refractivity contribution >= 4 is 17.5 Å². The van der Waals surface area contributed by atoms with E-state index in [-0.39, 0.29) is 23.7 Å². The predicted octanol–water partition coefficient (Wildman–Crippen LogP) is 7.57. The molecule has 0 radical (unpaired) electrons. The summed E-state index contributed by atoms with van der Waals surface area (Å²) in [6.45, 7) is 6.98. The van der Waals surface area contributed by atoms with Crippen molar-refractivity contribution in [2.24, 2.45) is 5.92 Å². The van der Waals surface area contributed by atoms with Crippen LogP contribution in [0.4, 0.5) is 10.1 Å². The van der Waals surface area contributed by atoms with E-state index in [2.05, 4.69) is 52.4 Å². The molecule has 0 spiro atoms. The molecule has 1 aliphatic carbocycles. The van der Waals surface area contributed by atoms with Crippen LogP contribution in [0.5, 0.6) is 0 Å². The lowest BCUT2D eigenvalue weighted by molar-refractivity contribution is -0.139. The Bertz CT molecular complexity index is 1480. The van der Waals surface area contributed by atoms with Gasteiger partial charge in [-0.2, -0.15) is 0 Å². The third-order valence-corrected chi connectivity index (χ3v) is 10.6. The van der Waals surface area contributed by atoms with Gasteiger partial charge in [0.2, 0.25) is 11.8 Å². The Morgan fingerprint density at radius 2 is 1.62 bits per heavy atom. The standard InChI is InChI=1S/C32H42FN3O2.C8H11N/c1-24(37)34-32(27-12-8-13-28(33)23-27)17-21-35(22-18-32)19-16-30-29-14-7-6-9-25(29)15-20-36(30)31(38)26-10-4-2-3-5-11-26;1-2-7-5-3-4-6-8(7)9/h6-9,12-14,23,26,30H,2-5,10-11,15-22H2,1H3,(H,34,37);3-6H,2,9H2,1H3. The van der Waals surface area contributed by atoms with E-state index in [1.807, 2.05) is 24.3 Å². The van der Waals surface area contributed by atoms with E-state index in [0.29, 0.717) is 5.91 Å². The SMILES string of the molecule is CC(=O)NC1(c2cccc(F)c2)CCN(CCC2c3ccccc3CCN2C(=O)C2CCCCCC2)CC1.CCc1ccccc1N. The van der Waals surface area contributed by atoms with Gasteiger partial charge in [0.05, 0.1) is 11.6 Å². The predicted molar refractivity (Wildman–Crippen MR) is 188 cm³/mol. The summed E-state index contributed by atoms with van der Waals surface area (Å²) in [4.78, 5) is 30.5. The lowest BCUT2D eigenvalue weighted by Crippen LogP contribution is -2.53. The molecule has 1 saturated carbocycles. The Labute approximate surface area is 280 Å². The molecule has 1 atom stereocenters. The number of anilines is 1. The fourth-order valence-corrected chi connectivity index (χ4v) is 7.92. The summed E-state index contributed by atoms with van der Waals surface area (Å²) in [5.41, 5.74) is 10.8. The van der Waals surface area contributed by atoms with Crippen molar-refractivity contribution in [3.63, 3.8) is 0 Å². The molecule has 0 bridgehead atoms. The van der Waals surface area contributed by atoms with Crippen LogP contribution in [-0.4, -0.2) is 47.8 Å². The lowest BCUT2D eigenvalue weighted by atomic mass is 9.80. The number of nitrogens with two attached hydrogens (primary N) is 1. The highest BCUT2D eigenvalue weighted by Crippen LogP contribution is 2.37. The molecule has 6 nitrogen and oxygen atoms in total. The van der Waals surface area contributed by atoms with Crippen molar-refractivity contribution < 1.29 is 14.0 Å². The second-order valence-electron chi connectivity index (χ2n) is 13.6. The second kappa shape index (κ2) is 16.4. The third kappa shape index (κ3) is 8.81. The Morgan fingerprint density at radius 1 is 0.915 bits per heavy atom. The Hall–Kier alpha value is -3.71. The summed E-state index contributed by atoms with van der Waals surface area (Å²) >= 11 is 0. The minimum atomic E-state index is -0.538. The molecule has 2 fully saturated rings. The lowest BCUT2D eigenvalue weighted by Gasteiger charge is -2.44. The molecule has 252 valence electrons. The van der Waals surface area contributed by atoms with Crippen LogP contribution in [0.25, 0.3) is 0 Å². The van der Waals surface area contributed by atoms with E-state index in [0.717, 1.165) is 82.4 Å². The Morgan fingerprint density at radius 3 is 2.28 bits per heavy atom. The molecule has 3 aromatic rings. The first-order valence-electron chi connectivity index (χ1n) is 17.8. The smallest absolute Gasteiger partial charge is 0.226 e. The number of halogens is 1. The number of nitrogens with zero attached hydrogens (tertiary/aromatic N) is 2. The number of carbonyl (C=O) groups is 2. The maximum atomic E-state index is 14.1. The van der Waals surface area contributed by atoms with E-state index >= 15 is 0 Å². The van der Waals surface area contributed by atoms with Gasteiger partial charge < -0.3 is 20.9 Å². The summed E-state index contributed by atoms with van der Waals surface area (Å²) in [6.07, 6.45) is 11.2. The van der Waals surface area contributed by atoms with Gasteiger partial charge in [0.15, 0.2) is 0 Å². The fourth-order valence-electron chi connectivity index (χ4n) is 7.92. The molecular formula is C40H53FN4O2. The molecular weight excluding hydrogens is 587 g/mol. The number of nitrogen functional groups attached to an aromatic ring is 1. The van der Waals surface area contributed by atoms with E-state index < -0.39 is 5.54 Å². The molecule has 3 aliphatic rings. The maximum Gasteiger partial charge on any atom is 0.226 e. The van der Waals surface area contributed by atoms with Crippen molar-refractivity contribution in [3.8, 4) is 0 Å². The summed E-state index contributed by atoms with van der Waals surface area (Å²) in [5.74, 6) is 0.170. The molecule has 3 aromatic carbocycles. The first kappa shape index (κ1) is 34.6. The summed E-state index contributed by atoms with van der Waals surface area (Å²) in [5, 5.41) is 3.16. The molecule has 2 heterocycles. The van der Waals surface area contributed by atoms with E-state index in [1.165, 1.54) is 55.4 Å². The monoisotopic (exact) mass is 640 g/mol. The Balaban J connectivity index is 0.000000417. The van der Waals surface area contributed by atoms with Crippen molar-refractivity contribution in [1.29, 1.82) is 0 Å². The number of likely N-dealkylation sites (tertiary alicyclic amines) is 1. The first-order chi connectivity index (χ1) is 22.8. The van der Waals surface area contributed by atoms with Crippen LogP contribution < -0.4 is 11.1 Å². The van der Waals surface area contributed by atoms with Gasteiger partial charge in [-0.1, -0.05) is 87.2 Å². The zero-order valence-electron chi connectivity index (χ0n) is 28.4. The number of aryl methyl sites for hydroxylation is 1. The molecule has 2 aliphatic heterocycles. The highest BCUT2D eigenvalue weighted by Gasteiger charge is 2.38. The van der Waals surface area contributed by atoms with E-state index in [4.69, 9.17) is 5.73 Å². The maximum absolute atomic E-state index is 14.1. The van der Waals surface area contributed by atoms with Gasteiger partial charge in [-0.15, -0.1) is 0 Å². The topological polar surface area (TPSA) is 78.7 Å². The average Bonchev–Trinajstić information content (AvgIpc) is 3.38. The minimum Gasteiger partial charge on any atom is -0.399 e. The highest BCUT2D eigenvalue weighted by molar-refractivity contribution is 5.80. The van der Waals surface area contributed by atoms with E-state index in [9.17, 15) is 14.0 Å². The largest absolute Gasteiger partial charge is 0.399 e. The number of fused-ring (bicyclic) bond motifs is 1. The van der Waals surface area contributed by atoms with Crippen LogP contribution in [0.15, 0.2) is 72.8 Å². The Kier molecular flexibility index (Phi) is 12.1. The average molecular weight is 641 g/mol. The van der Waals surface area contributed by atoms with Crippen LogP contribution in [-0.2, 0) is 28.0 Å². The number of nitrogens with one attached hydrogen (secondary N) is 1. The zero-order chi connectivity index (χ0) is 33.2. The van der Waals surface area contributed by atoms with Gasteiger partial charge >= 0.3 is 0 Å². The quantitative estimate of drug-likeness (QED) is 0.206. The number of amides is 2. The number of hydrogen-bond acceptors (Lipinski definition) is 4. The number of piperidine rings is 1. The van der Waals surface area contributed by atoms with Gasteiger partial charge in [-0.25, -0.2) is 4.39 Å². The summed E-state index contributed by atoms with van der Waals surface area (Å²) < 4.78 is 14.1. The van der Waals surface area contributed by atoms with Crippen LogP contribution in [0.3, 0.4) is 0 Å². The molecule has 1 unspecified atom stereocenters. The molecule has 47 heavy (non-hydrogen) atoms. The van der Waals surface area contributed by atoms with Crippen LogP contribution in [0.1, 0.15) is 99.9 Å². The van der Waals surface area contributed by atoms with Gasteiger partial charge in [-0.3, -0.25) is 9.59 Å². The second-order valence-corrected chi connectivity index (χ2v) is 13.6. The molecule has 3 N–H and O–H groups in total. The number of hydrogen-bond donors (Lipinski definition) is 2. The number of carbonyl (C=O) groups excluding carboxylic acids is 2. The number of benzene rings is 3. The van der Waals surface area contributed by atoms with Crippen molar-refractivity contribution in [1.82, 2.24) is 15.1 Å². The van der Waals surface area contributed by atoms with Gasteiger partial charge in [0, 0.05) is 44.7 Å². The van der Waals surface area contributed by atoms with Crippen molar-refractivity contribution in [3.05, 3.63) is 101 Å².